The van der Waals surface area contributed by atoms with Crippen molar-refractivity contribution in [2.24, 2.45) is 11.7 Å². The summed E-state index contributed by atoms with van der Waals surface area (Å²) in [6, 6.07) is 0.503. The first kappa shape index (κ1) is 10.9. The number of rotatable bonds is 4. The fourth-order valence-electron chi connectivity index (χ4n) is 2.16. The summed E-state index contributed by atoms with van der Waals surface area (Å²) >= 11 is 0. The molecule has 2 aliphatic rings. The Morgan fingerprint density at radius 3 is 2.87 bits per heavy atom. The molecule has 1 unspecified atom stereocenters. The Balaban J connectivity index is 1.96. The summed E-state index contributed by atoms with van der Waals surface area (Å²) in [7, 11) is 0. The van der Waals surface area contributed by atoms with E-state index in [1.54, 1.807) is 0 Å². The summed E-state index contributed by atoms with van der Waals surface area (Å²) in [5.41, 5.74) is 5.63. The zero-order valence-corrected chi connectivity index (χ0v) is 9.48. The first-order valence-electron chi connectivity index (χ1n) is 5.99. The molecule has 2 N–H and O–H groups in total. The number of nitrogens with two attached hydrogens (primary N) is 1. The first-order valence-corrected chi connectivity index (χ1v) is 5.99. The van der Waals surface area contributed by atoms with Crippen molar-refractivity contribution >= 4 is 5.91 Å². The molecule has 1 saturated heterocycles. The summed E-state index contributed by atoms with van der Waals surface area (Å²) in [6.45, 7) is 4.79. The molecule has 1 aliphatic heterocycles. The molecule has 4 heteroatoms. The van der Waals surface area contributed by atoms with Crippen LogP contribution in [-0.4, -0.2) is 41.6 Å². The molecule has 0 aromatic rings. The van der Waals surface area contributed by atoms with E-state index in [1.807, 2.05) is 5.01 Å². The number of amides is 1. The van der Waals surface area contributed by atoms with Gasteiger partial charge < -0.3 is 5.73 Å². The molecular formula is C11H21N3O. The van der Waals surface area contributed by atoms with Crippen LogP contribution in [-0.2, 0) is 4.79 Å². The van der Waals surface area contributed by atoms with Gasteiger partial charge >= 0.3 is 0 Å². The maximum atomic E-state index is 11.8. The second-order valence-electron chi connectivity index (χ2n) is 4.83. The van der Waals surface area contributed by atoms with Crippen LogP contribution in [0, 0.1) is 5.92 Å². The zero-order valence-electron chi connectivity index (χ0n) is 9.48. The van der Waals surface area contributed by atoms with Crippen LogP contribution in [0.4, 0.5) is 0 Å². The Morgan fingerprint density at radius 2 is 2.27 bits per heavy atom. The van der Waals surface area contributed by atoms with Gasteiger partial charge in [-0.1, -0.05) is 6.92 Å². The van der Waals surface area contributed by atoms with Gasteiger partial charge in [-0.2, -0.15) is 0 Å². The summed E-state index contributed by atoms with van der Waals surface area (Å²) in [5.74, 6) is 0.783. The van der Waals surface area contributed by atoms with Crippen LogP contribution < -0.4 is 5.73 Å². The molecule has 86 valence electrons. The highest BCUT2D eigenvalue weighted by atomic mass is 16.2. The van der Waals surface area contributed by atoms with Crippen LogP contribution in [0.15, 0.2) is 0 Å². The molecule has 1 atom stereocenters. The second kappa shape index (κ2) is 4.49. The number of carbonyl (C=O) groups excluding carboxylic acids is 1. The van der Waals surface area contributed by atoms with E-state index in [9.17, 15) is 4.79 Å². The van der Waals surface area contributed by atoms with Gasteiger partial charge in [-0.25, -0.2) is 5.01 Å². The van der Waals surface area contributed by atoms with Crippen LogP contribution in [0.1, 0.15) is 32.6 Å². The number of nitrogens with zero attached hydrogens (tertiary/aromatic N) is 2. The highest BCUT2D eigenvalue weighted by Crippen LogP contribution is 2.31. The predicted molar refractivity (Wildman–Crippen MR) is 58.9 cm³/mol. The minimum atomic E-state index is 0.313. The lowest BCUT2D eigenvalue weighted by atomic mass is 10.1. The molecule has 1 saturated carbocycles. The maximum absolute atomic E-state index is 11.8. The molecule has 0 spiro atoms. The molecule has 4 nitrogen and oxygen atoms in total. The third-order valence-corrected chi connectivity index (χ3v) is 3.18. The summed E-state index contributed by atoms with van der Waals surface area (Å²) in [4.78, 5) is 11.8. The lowest BCUT2D eigenvalue weighted by Gasteiger charge is -2.40. The summed E-state index contributed by atoms with van der Waals surface area (Å²) in [5, 5.41) is 4.23. The smallest absolute Gasteiger partial charge is 0.237 e. The van der Waals surface area contributed by atoms with E-state index < -0.39 is 0 Å². The minimum absolute atomic E-state index is 0.313. The predicted octanol–water partition coefficient (Wildman–Crippen LogP) is 0.583. The SMILES string of the molecule is CC(CN)CN1CCCC(=O)N1C1CC1. The minimum Gasteiger partial charge on any atom is -0.330 e. The fourth-order valence-corrected chi connectivity index (χ4v) is 2.16. The van der Waals surface area contributed by atoms with E-state index >= 15 is 0 Å². The van der Waals surface area contributed by atoms with Crippen molar-refractivity contribution in [3.63, 3.8) is 0 Å². The third kappa shape index (κ3) is 2.49. The highest BCUT2D eigenvalue weighted by Gasteiger charge is 2.38. The van der Waals surface area contributed by atoms with E-state index in [0.717, 1.165) is 25.9 Å². The third-order valence-electron chi connectivity index (χ3n) is 3.18. The van der Waals surface area contributed by atoms with Crippen molar-refractivity contribution in [1.29, 1.82) is 0 Å². The van der Waals surface area contributed by atoms with Crippen LogP contribution in [0.2, 0.25) is 0 Å². The van der Waals surface area contributed by atoms with Crippen molar-refractivity contribution in [3.05, 3.63) is 0 Å². The number of hydrogen-bond donors (Lipinski definition) is 1. The Morgan fingerprint density at radius 1 is 1.53 bits per heavy atom. The van der Waals surface area contributed by atoms with Crippen molar-refractivity contribution in [2.75, 3.05) is 19.6 Å². The van der Waals surface area contributed by atoms with Crippen LogP contribution in [0.3, 0.4) is 0 Å². The summed E-state index contributed by atoms with van der Waals surface area (Å²) in [6.07, 6.45) is 4.09. The lowest BCUT2D eigenvalue weighted by molar-refractivity contribution is -0.158. The van der Waals surface area contributed by atoms with Gasteiger partial charge in [0.1, 0.15) is 0 Å². The zero-order chi connectivity index (χ0) is 10.8. The number of hydrazine groups is 1. The van der Waals surface area contributed by atoms with Crippen molar-refractivity contribution in [2.45, 2.75) is 38.6 Å². The fraction of sp³-hybridized carbons (Fsp3) is 0.909. The topological polar surface area (TPSA) is 49.6 Å². The Hall–Kier alpha value is -0.610. The van der Waals surface area contributed by atoms with E-state index in [0.29, 0.717) is 24.4 Å². The molecule has 0 aromatic heterocycles. The molecule has 0 radical (unpaired) electrons. The Kier molecular flexibility index (Phi) is 3.26. The van der Waals surface area contributed by atoms with Crippen molar-refractivity contribution in [1.82, 2.24) is 10.0 Å². The average molecular weight is 211 g/mol. The van der Waals surface area contributed by atoms with E-state index in [2.05, 4.69) is 11.9 Å². The number of carbonyl (C=O) groups is 1. The average Bonchev–Trinajstić information content (AvgIpc) is 3.01. The van der Waals surface area contributed by atoms with Gasteiger partial charge in [0.2, 0.25) is 5.91 Å². The van der Waals surface area contributed by atoms with Crippen LogP contribution in [0.5, 0.6) is 0 Å². The number of hydrogen-bond acceptors (Lipinski definition) is 3. The van der Waals surface area contributed by atoms with Gasteiger partial charge in [-0.05, 0) is 31.7 Å². The molecule has 1 amide bonds. The molecule has 2 fully saturated rings. The largest absolute Gasteiger partial charge is 0.330 e. The van der Waals surface area contributed by atoms with Gasteiger partial charge in [-0.3, -0.25) is 9.80 Å². The Labute approximate surface area is 91.4 Å². The van der Waals surface area contributed by atoms with Gasteiger partial charge in [0.15, 0.2) is 0 Å². The molecule has 2 rings (SSSR count). The first-order chi connectivity index (χ1) is 7.22. The normalized spacial score (nSPS) is 25.7. The summed E-state index contributed by atoms with van der Waals surface area (Å²) < 4.78 is 0. The van der Waals surface area contributed by atoms with E-state index in [4.69, 9.17) is 5.73 Å². The Bertz CT molecular complexity index is 240. The second-order valence-corrected chi connectivity index (χ2v) is 4.83. The molecule has 1 heterocycles. The standard InChI is InChI=1S/C11H21N3O/c1-9(7-12)8-13-6-2-3-11(15)14(13)10-4-5-10/h9-10H,2-8,12H2,1H3. The maximum Gasteiger partial charge on any atom is 0.237 e. The molecule has 15 heavy (non-hydrogen) atoms. The van der Waals surface area contributed by atoms with Gasteiger partial charge in [0.25, 0.3) is 0 Å². The monoisotopic (exact) mass is 211 g/mol. The molecule has 0 aromatic carbocycles. The molecule has 0 bridgehead atoms. The van der Waals surface area contributed by atoms with Gasteiger partial charge in [0.05, 0.1) is 0 Å². The lowest BCUT2D eigenvalue weighted by Crippen LogP contribution is -2.53. The van der Waals surface area contributed by atoms with Gasteiger partial charge in [-0.15, -0.1) is 0 Å². The van der Waals surface area contributed by atoms with Crippen molar-refractivity contribution < 1.29 is 4.79 Å². The van der Waals surface area contributed by atoms with Gasteiger partial charge in [0, 0.05) is 25.6 Å². The van der Waals surface area contributed by atoms with Crippen LogP contribution >= 0.6 is 0 Å². The van der Waals surface area contributed by atoms with E-state index in [-0.39, 0.29) is 0 Å². The highest BCUT2D eigenvalue weighted by molar-refractivity contribution is 5.77. The quantitative estimate of drug-likeness (QED) is 0.740. The molecular weight excluding hydrogens is 190 g/mol. The van der Waals surface area contributed by atoms with Crippen LogP contribution in [0.25, 0.3) is 0 Å². The molecule has 1 aliphatic carbocycles. The van der Waals surface area contributed by atoms with Crippen molar-refractivity contribution in [3.8, 4) is 0 Å². The van der Waals surface area contributed by atoms with E-state index in [1.165, 1.54) is 12.8 Å².